The number of nitrogens with zero attached hydrogens (tertiary/aromatic N) is 2. The van der Waals surface area contributed by atoms with Gasteiger partial charge in [-0.2, -0.15) is 0 Å². The maximum Gasteiger partial charge on any atom is 0.256 e. The number of carbonyl (C=O) groups excluding carboxylic acids is 1. The fraction of sp³-hybridized carbons (Fsp3) is 0.0556. The van der Waals surface area contributed by atoms with E-state index >= 15 is 0 Å². The first-order valence-electron chi connectivity index (χ1n) is 6.99. The molecule has 4 nitrogen and oxygen atoms in total. The van der Waals surface area contributed by atoms with E-state index in [0.29, 0.717) is 17.0 Å². The summed E-state index contributed by atoms with van der Waals surface area (Å²) in [5.41, 5.74) is 3.09. The lowest BCUT2D eigenvalue weighted by atomic mass is 10.1. The second-order valence-electron chi connectivity index (χ2n) is 4.89. The van der Waals surface area contributed by atoms with Crippen molar-refractivity contribution < 1.29 is 4.79 Å². The SMILES string of the molecule is Cc1ccccc1NC(=O)c1ccccc1-c1ncccn1. The van der Waals surface area contributed by atoms with Crippen LogP contribution in [-0.4, -0.2) is 15.9 Å². The summed E-state index contributed by atoms with van der Waals surface area (Å²) in [7, 11) is 0. The molecule has 1 aromatic heterocycles. The van der Waals surface area contributed by atoms with Crippen molar-refractivity contribution >= 4 is 11.6 Å². The molecular formula is C18H15N3O. The Hall–Kier alpha value is -3.01. The standard InChI is InChI=1S/C18H15N3O/c1-13-7-2-5-10-16(13)21-18(22)15-9-4-3-8-14(15)17-19-11-6-12-20-17/h2-12H,1H3,(H,21,22). The highest BCUT2D eigenvalue weighted by molar-refractivity contribution is 6.08. The van der Waals surface area contributed by atoms with Crippen LogP contribution >= 0.6 is 0 Å². The highest BCUT2D eigenvalue weighted by Crippen LogP contribution is 2.21. The van der Waals surface area contributed by atoms with Crippen LogP contribution in [0.25, 0.3) is 11.4 Å². The van der Waals surface area contributed by atoms with Crippen LogP contribution in [0.3, 0.4) is 0 Å². The molecule has 0 aliphatic heterocycles. The van der Waals surface area contributed by atoms with Gasteiger partial charge in [0.15, 0.2) is 5.82 Å². The van der Waals surface area contributed by atoms with Gasteiger partial charge in [0, 0.05) is 23.6 Å². The summed E-state index contributed by atoms with van der Waals surface area (Å²) in [5, 5.41) is 2.94. The molecule has 3 aromatic rings. The Labute approximate surface area is 128 Å². The average molecular weight is 289 g/mol. The predicted octanol–water partition coefficient (Wildman–Crippen LogP) is 3.70. The Morgan fingerprint density at radius 3 is 2.36 bits per heavy atom. The van der Waals surface area contributed by atoms with E-state index in [9.17, 15) is 4.79 Å². The van der Waals surface area contributed by atoms with Crippen LogP contribution in [-0.2, 0) is 0 Å². The first-order chi connectivity index (χ1) is 10.8. The van der Waals surface area contributed by atoms with E-state index in [-0.39, 0.29) is 5.91 Å². The van der Waals surface area contributed by atoms with Crippen molar-refractivity contribution in [1.29, 1.82) is 0 Å². The topological polar surface area (TPSA) is 54.9 Å². The highest BCUT2D eigenvalue weighted by atomic mass is 16.1. The van der Waals surface area contributed by atoms with Gasteiger partial charge in [-0.1, -0.05) is 36.4 Å². The monoisotopic (exact) mass is 289 g/mol. The van der Waals surface area contributed by atoms with Gasteiger partial charge in [-0.05, 0) is 30.7 Å². The van der Waals surface area contributed by atoms with Gasteiger partial charge >= 0.3 is 0 Å². The molecular weight excluding hydrogens is 274 g/mol. The quantitative estimate of drug-likeness (QED) is 0.799. The zero-order chi connectivity index (χ0) is 15.4. The Kier molecular flexibility index (Phi) is 3.92. The maximum atomic E-state index is 12.6. The Bertz CT molecular complexity index is 800. The molecule has 108 valence electrons. The first kappa shape index (κ1) is 13.9. The van der Waals surface area contributed by atoms with Crippen molar-refractivity contribution in [2.24, 2.45) is 0 Å². The summed E-state index contributed by atoms with van der Waals surface area (Å²) in [6.45, 7) is 1.96. The Morgan fingerprint density at radius 2 is 1.59 bits per heavy atom. The number of carbonyl (C=O) groups is 1. The number of para-hydroxylation sites is 1. The molecule has 0 radical (unpaired) electrons. The van der Waals surface area contributed by atoms with E-state index in [1.165, 1.54) is 0 Å². The van der Waals surface area contributed by atoms with Gasteiger partial charge in [0.1, 0.15) is 0 Å². The molecule has 0 bridgehead atoms. The minimum absolute atomic E-state index is 0.169. The number of hydrogen-bond acceptors (Lipinski definition) is 3. The van der Waals surface area contributed by atoms with Gasteiger partial charge in [0.05, 0.1) is 5.56 Å². The number of rotatable bonds is 3. The second-order valence-corrected chi connectivity index (χ2v) is 4.89. The molecule has 1 amide bonds. The lowest BCUT2D eigenvalue weighted by Crippen LogP contribution is -2.14. The van der Waals surface area contributed by atoms with Crippen LogP contribution in [0.5, 0.6) is 0 Å². The minimum Gasteiger partial charge on any atom is -0.322 e. The lowest BCUT2D eigenvalue weighted by Gasteiger charge is -2.11. The molecule has 0 unspecified atom stereocenters. The fourth-order valence-electron chi connectivity index (χ4n) is 2.22. The van der Waals surface area contributed by atoms with Crippen molar-refractivity contribution in [1.82, 2.24) is 9.97 Å². The molecule has 1 heterocycles. The Morgan fingerprint density at radius 1 is 0.909 bits per heavy atom. The molecule has 1 N–H and O–H groups in total. The summed E-state index contributed by atoms with van der Waals surface area (Å²) in [6.07, 6.45) is 3.33. The van der Waals surface area contributed by atoms with Crippen LogP contribution in [0.15, 0.2) is 67.0 Å². The van der Waals surface area contributed by atoms with E-state index in [0.717, 1.165) is 11.3 Å². The van der Waals surface area contributed by atoms with Gasteiger partial charge in [-0.25, -0.2) is 9.97 Å². The molecule has 0 saturated carbocycles. The van der Waals surface area contributed by atoms with Crippen molar-refractivity contribution in [2.75, 3.05) is 5.32 Å². The summed E-state index contributed by atoms with van der Waals surface area (Å²) >= 11 is 0. The van der Waals surface area contributed by atoms with E-state index in [1.54, 1.807) is 24.5 Å². The summed E-state index contributed by atoms with van der Waals surface area (Å²) in [6, 6.07) is 16.8. The highest BCUT2D eigenvalue weighted by Gasteiger charge is 2.14. The maximum absolute atomic E-state index is 12.6. The number of nitrogens with one attached hydrogen (secondary N) is 1. The van der Waals surface area contributed by atoms with Crippen molar-refractivity contribution in [3.8, 4) is 11.4 Å². The molecule has 4 heteroatoms. The van der Waals surface area contributed by atoms with Gasteiger partial charge < -0.3 is 5.32 Å². The molecule has 0 saturated heterocycles. The number of aryl methyl sites for hydroxylation is 1. The molecule has 22 heavy (non-hydrogen) atoms. The zero-order valence-electron chi connectivity index (χ0n) is 12.2. The minimum atomic E-state index is -0.169. The lowest BCUT2D eigenvalue weighted by molar-refractivity contribution is 0.102. The smallest absolute Gasteiger partial charge is 0.256 e. The molecule has 0 aliphatic carbocycles. The molecule has 0 spiro atoms. The van der Waals surface area contributed by atoms with Crippen LogP contribution in [0.2, 0.25) is 0 Å². The average Bonchev–Trinajstić information content (AvgIpc) is 2.58. The van der Waals surface area contributed by atoms with E-state index in [2.05, 4.69) is 15.3 Å². The zero-order valence-corrected chi connectivity index (χ0v) is 12.2. The first-order valence-corrected chi connectivity index (χ1v) is 6.99. The van der Waals surface area contributed by atoms with Crippen LogP contribution in [0, 0.1) is 6.92 Å². The van der Waals surface area contributed by atoms with Gasteiger partial charge in [0.25, 0.3) is 5.91 Å². The van der Waals surface area contributed by atoms with Crippen LogP contribution in [0.1, 0.15) is 15.9 Å². The fourth-order valence-corrected chi connectivity index (χ4v) is 2.22. The number of amides is 1. The van der Waals surface area contributed by atoms with Crippen LogP contribution in [0.4, 0.5) is 5.69 Å². The number of anilines is 1. The Balaban J connectivity index is 1.96. The van der Waals surface area contributed by atoms with Gasteiger partial charge in [0.2, 0.25) is 0 Å². The molecule has 3 rings (SSSR count). The summed E-state index contributed by atoms with van der Waals surface area (Å²) in [4.78, 5) is 21.0. The molecule has 2 aromatic carbocycles. The van der Waals surface area contributed by atoms with Crippen molar-refractivity contribution in [3.05, 3.63) is 78.1 Å². The second kappa shape index (κ2) is 6.18. The van der Waals surface area contributed by atoms with Crippen molar-refractivity contribution in [3.63, 3.8) is 0 Å². The third kappa shape index (κ3) is 2.86. The number of aromatic nitrogens is 2. The van der Waals surface area contributed by atoms with E-state index in [4.69, 9.17) is 0 Å². The third-order valence-electron chi connectivity index (χ3n) is 3.37. The predicted molar refractivity (Wildman–Crippen MR) is 86.6 cm³/mol. The van der Waals surface area contributed by atoms with E-state index in [1.807, 2.05) is 49.4 Å². The molecule has 0 aliphatic rings. The normalized spacial score (nSPS) is 10.2. The van der Waals surface area contributed by atoms with Gasteiger partial charge in [-0.15, -0.1) is 0 Å². The number of benzene rings is 2. The largest absolute Gasteiger partial charge is 0.322 e. The van der Waals surface area contributed by atoms with Crippen LogP contribution < -0.4 is 5.32 Å². The molecule has 0 fully saturated rings. The van der Waals surface area contributed by atoms with E-state index < -0.39 is 0 Å². The summed E-state index contributed by atoms with van der Waals surface area (Å²) in [5.74, 6) is 0.371. The molecule has 0 atom stereocenters. The number of hydrogen-bond donors (Lipinski definition) is 1. The van der Waals surface area contributed by atoms with Gasteiger partial charge in [-0.3, -0.25) is 4.79 Å². The summed E-state index contributed by atoms with van der Waals surface area (Å²) < 4.78 is 0. The van der Waals surface area contributed by atoms with Crippen molar-refractivity contribution in [2.45, 2.75) is 6.92 Å². The third-order valence-corrected chi connectivity index (χ3v) is 3.37.